The first kappa shape index (κ1) is 7.60. The highest BCUT2D eigenvalue weighted by molar-refractivity contribution is 5.88. The van der Waals surface area contributed by atoms with Gasteiger partial charge in [0, 0.05) is 18.5 Å². The minimum Gasteiger partial charge on any atom is -0.478 e. The average Bonchev–Trinajstić information content (AvgIpc) is 2.51. The SMILES string of the molecule is O=C(O)c1cc(=O)n2cc[nH]c2c1. The molecule has 0 amide bonds. The topological polar surface area (TPSA) is 74.6 Å². The molecule has 0 saturated heterocycles. The van der Waals surface area contributed by atoms with Gasteiger partial charge in [-0.2, -0.15) is 0 Å². The number of H-pyrrole nitrogens is 1. The van der Waals surface area contributed by atoms with Crippen LogP contribution in [-0.2, 0) is 0 Å². The Morgan fingerprint density at radius 3 is 2.92 bits per heavy atom. The molecule has 5 heteroatoms. The number of aromatic nitrogens is 2. The number of nitrogens with zero attached hydrogens (tertiary/aromatic N) is 1. The monoisotopic (exact) mass is 178 g/mol. The van der Waals surface area contributed by atoms with Crippen molar-refractivity contribution in [3.63, 3.8) is 0 Å². The number of aromatic amines is 1. The first-order valence-electron chi connectivity index (χ1n) is 3.61. The molecule has 0 radical (unpaired) electrons. The minimum absolute atomic E-state index is 0.00699. The molecule has 0 fully saturated rings. The average molecular weight is 178 g/mol. The van der Waals surface area contributed by atoms with E-state index in [0.29, 0.717) is 5.65 Å². The highest BCUT2D eigenvalue weighted by atomic mass is 16.4. The molecule has 2 aromatic heterocycles. The standard InChI is InChI=1S/C8H6N2O3/c11-7-4-5(8(12)13)3-6-9-1-2-10(6)7/h1-4,9H,(H,12,13). The quantitative estimate of drug-likeness (QED) is 0.660. The predicted octanol–water partition coefficient (Wildman–Crippen LogP) is 0.326. The Hall–Kier alpha value is -2.04. The Labute approximate surface area is 72.3 Å². The van der Waals surface area contributed by atoms with Gasteiger partial charge in [-0.05, 0) is 6.07 Å². The van der Waals surface area contributed by atoms with E-state index in [1.54, 1.807) is 12.4 Å². The smallest absolute Gasteiger partial charge is 0.336 e. The fourth-order valence-electron chi connectivity index (χ4n) is 1.17. The third-order valence-corrected chi connectivity index (χ3v) is 1.77. The van der Waals surface area contributed by atoms with E-state index >= 15 is 0 Å². The number of carbonyl (C=O) groups is 1. The lowest BCUT2D eigenvalue weighted by Gasteiger charge is -1.94. The first-order chi connectivity index (χ1) is 6.18. The largest absolute Gasteiger partial charge is 0.478 e. The lowest BCUT2D eigenvalue weighted by molar-refractivity contribution is 0.0696. The number of aromatic carboxylic acids is 1. The van der Waals surface area contributed by atoms with E-state index in [1.165, 1.54) is 10.5 Å². The van der Waals surface area contributed by atoms with Crippen LogP contribution in [0, 0.1) is 0 Å². The number of rotatable bonds is 1. The van der Waals surface area contributed by atoms with Crippen molar-refractivity contribution >= 4 is 11.6 Å². The summed E-state index contributed by atoms with van der Waals surface area (Å²) in [7, 11) is 0. The number of imidazole rings is 1. The first-order valence-corrected chi connectivity index (χ1v) is 3.61. The van der Waals surface area contributed by atoms with E-state index in [4.69, 9.17) is 5.11 Å². The summed E-state index contributed by atoms with van der Waals surface area (Å²) in [6, 6.07) is 2.49. The second kappa shape index (κ2) is 2.48. The van der Waals surface area contributed by atoms with Crippen molar-refractivity contribution in [3.8, 4) is 0 Å². The van der Waals surface area contributed by atoms with Crippen molar-refractivity contribution < 1.29 is 9.90 Å². The van der Waals surface area contributed by atoms with Crippen molar-refractivity contribution in [2.45, 2.75) is 0 Å². The number of carboxylic acid groups (broad SMARTS) is 1. The Morgan fingerprint density at radius 2 is 2.23 bits per heavy atom. The molecule has 0 aliphatic rings. The van der Waals surface area contributed by atoms with Crippen LogP contribution >= 0.6 is 0 Å². The van der Waals surface area contributed by atoms with Crippen molar-refractivity contribution in [1.82, 2.24) is 9.38 Å². The molecule has 0 spiro atoms. The molecule has 2 N–H and O–H groups in total. The van der Waals surface area contributed by atoms with Crippen molar-refractivity contribution in [1.29, 1.82) is 0 Å². The van der Waals surface area contributed by atoms with Crippen LogP contribution in [0.2, 0.25) is 0 Å². The maximum absolute atomic E-state index is 11.2. The zero-order chi connectivity index (χ0) is 9.42. The molecule has 2 rings (SSSR count). The predicted molar refractivity (Wildman–Crippen MR) is 45.0 cm³/mol. The van der Waals surface area contributed by atoms with Crippen LogP contribution in [0.5, 0.6) is 0 Å². The normalized spacial score (nSPS) is 10.5. The van der Waals surface area contributed by atoms with Crippen LogP contribution in [0.4, 0.5) is 0 Å². The number of pyridine rings is 1. The highest BCUT2D eigenvalue weighted by Crippen LogP contribution is 2.01. The molecule has 2 aromatic rings. The fourth-order valence-corrected chi connectivity index (χ4v) is 1.17. The third kappa shape index (κ3) is 1.10. The van der Waals surface area contributed by atoms with Crippen LogP contribution in [0.1, 0.15) is 10.4 Å². The summed E-state index contributed by atoms with van der Waals surface area (Å²) < 4.78 is 1.34. The summed E-state index contributed by atoms with van der Waals surface area (Å²) in [6.07, 6.45) is 3.12. The minimum atomic E-state index is -1.10. The molecular formula is C8H6N2O3. The third-order valence-electron chi connectivity index (χ3n) is 1.77. The number of hydrogen-bond acceptors (Lipinski definition) is 2. The maximum Gasteiger partial charge on any atom is 0.336 e. The number of carboxylic acids is 1. The number of nitrogens with one attached hydrogen (secondary N) is 1. The Bertz CT molecular complexity index is 523. The van der Waals surface area contributed by atoms with Gasteiger partial charge in [0.05, 0.1) is 5.56 Å². The van der Waals surface area contributed by atoms with E-state index < -0.39 is 5.97 Å². The molecule has 0 unspecified atom stereocenters. The van der Waals surface area contributed by atoms with Crippen LogP contribution < -0.4 is 5.56 Å². The number of hydrogen-bond donors (Lipinski definition) is 2. The van der Waals surface area contributed by atoms with E-state index in [1.807, 2.05) is 0 Å². The van der Waals surface area contributed by atoms with Gasteiger partial charge in [0.1, 0.15) is 5.65 Å². The Balaban J connectivity index is 2.85. The highest BCUT2D eigenvalue weighted by Gasteiger charge is 2.06. The number of fused-ring (bicyclic) bond motifs is 1. The fraction of sp³-hybridized carbons (Fsp3) is 0. The van der Waals surface area contributed by atoms with Gasteiger partial charge in [0.2, 0.25) is 0 Å². The Kier molecular flexibility index (Phi) is 1.45. The second-order valence-corrected chi connectivity index (χ2v) is 2.60. The van der Waals surface area contributed by atoms with Gasteiger partial charge in [-0.1, -0.05) is 0 Å². The van der Waals surface area contributed by atoms with Gasteiger partial charge in [-0.25, -0.2) is 4.79 Å². The van der Waals surface area contributed by atoms with Gasteiger partial charge in [-0.15, -0.1) is 0 Å². The van der Waals surface area contributed by atoms with E-state index in [0.717, 1.165) is 6.07 Å². The molecule has 5 nitrogen and oxygen atoms in total. The molecule has 0 saturated carbocycles. The zero-order valence-corrected chi connectivity index (χ0v) is 6.52. The summed E-state index contributed by atoms with van der Waals surface area (Å²) in [5, 5.41) is 8.64. The van der Waals surface area contributed by atoms with Crippen LogP contribution in [0.3, 0.4) is 0 Å². The van der Waals surface area contributed by atoms with Crippen LogP contribution in [0.15, 0.2) is 29.3 Å². The van der Waals surface area contributed by atoms with E-state index in [9.17, 15) is 9.59 Å². The molecule has 0 aromatic carbocycles. The molecule has 0 bridgehead atoms. The molecule has 2 heterocycles. The van der Waals surface area contributed by atoms with Crippen molar-refractivity contribution in [2.24, 2.45) is 0 Å². The van der Waals surface area contributed by atoms with Crippen LogP contribution in [0.25, 0.3) is 5.65 Å². The summed E-state index contributed by atoms with van der Waals surface area (Å²) >= 11 is 0. The van der Waals surface area contributed by atoms with Gasteiger partial charge >= 0.3 is 5.97 Å². The summed E-state index contributed by atoms with van der Waals surface area (Å²) in [5.74, 6) is -1.10. The Morgan fingerprint density at radius 1 is 1.46 bits per heavy atom. The maximum atomic E-state index is 11.2. The summed E-state index contributed by atoms with van der Waals surface area (Å²) in [4.78, 5) is 24.6. The molecular weight excluding hydrogens is 172 g/mol. The van der Waals surface area contributed by atoms with Gasteiger partial charge in [0.15, 0.2) is 0 Å². The van der Waals surface area contributed by atoms with Gasteiger partial charge in [-0.3, -0.25) is 9.20 Å². The lowest BCUT2D eigenvalue weighted by Crippen LogP contribution is -2.13. The van der Waals surface area contributed by atoms with Crippen LogP contribution in [-0.4, -0.2) is 20.5 Å². The van der Waals surface area contributed by atoms with Crippen molar-refractivity contribution in [2.75, 3.05) is 0 Å². The van der Waals surface area contributed by atoms with E-state index in [2.05, 4.69) is 4.98 Å². The van der Waals surface area contributed by atoms with E-state index in [-0.39, 0.29) is 11.1 Å². The lowest BCUT2D eigenvalue weighted by atomic mass is 10.3. The molecule has 0 aliphatic carbocycles. The summed E-state index contributed by atoms with van der Waals surface area (Å²) in [5.41, 5.74) is 0.119. The van der Waals surface area contributed by atoms with Gasteiger partial charge < -0.3 is 10.1 Å². The summed E-state index contributed by atoms with van der Waals surface area (Å²) in [6.45, 7) is 0. The molecule has 66 valence electrons. The second-order valence-electron chi connectivity index (χ2n) is 2.60. The molecule has 0 atom stereocenters. The molecule has 13 heavy (non-hydrogen) atoms. The molecule has 0 aliphatic heterocycles. The van der Waals surface area contributed by atoms with Crippen molar-refractivity contribution in [3.05, 3.63) is 40.4 Å². The van der Waals surface area contributed by atoms with Gasteiger partial charge in [0.25, 0.3) is 5.56 Å². The zero-order valence-electron chi connectivity index (χ0n) is 6.52.